The summed E-state index contributed by atoms with van der Waals surface area (Å²) < 4.78 is 0. The number of amidine groups is 1. The fourth-order valence-electron chi connectivity index (χ4n) is 1.89. The molecule has 0 bridgehead atoms. The van der Waals surface area contributed by atoms with Gasteiger partial charge in [-0.05, 0) is 27.2 Å². The average Bonchev–Trinajstić information content (AvgIpc) is 2.63. The predicted octanol–water partition coefficient (Wildman–Crippen LogP) is 3.37. The van der Waals surface area contributed by atoms with Crippen molar-refractivity contribution in [1.29, 1.82) is 0 Å². The Morgan fingerprint density at radius 3 is 2.82 bits per heavy atom. The summed E-state index contributed by atoms with van der Waals surface area (Å²) in [6, 6.07) is 0.677. The highest BCUT2D eigenvalue weighted by Gasteiger charge is 2.20. The molecule has 2 heterocycles. The smallest absolute Gasteiger partial charge is 0.157 e. The number of nitrogens with one attached hydrogen (secondary N) is 1. The van der Waals surface area contributed by atoms with Crippen molar-refractivity contribution >= 4 is 28.3 Å². The average molecular weight is 269 g/mol. The number of thiazole rings is 1. The first-order valence-corrected chi connectivity index (χ1v) is 7.73. The molecule has 1 aliphatic rings. The molecule has 0 fully saturated rings. The maximum atomic E-state index is 4.65. The molecular weight excluding hydrogens is 250 g/mol. The molecule has 94 valence electrons. The molecule has 1 aromatic heterocycles. The van der Waals surface area contributed by atoms with E-state index >= 15 is 0 Å². The summed E-state index contributed by atoms with van der Waals surface area (Å²) >= 11 is 3.55. The van der Waals surface area contributed by atoms with Crippen LogP contribution in [-0.2, 0) is 0 Å². The maximum Gasteiger partial charge on any atom is 0.157 e. The van der Waals surface area contributed by atoms with Crippen molar-refractivity contribution in [3.8, 4) is 0 Å². The van der Waals surface area contributed by atoms with Crippen molar-refractivity contribution in [2.45, 2.75) is 51.4 Å². The van der Waals surface area contributed by atoms with Gasteiger partial charge in [0.2, 0.25) is 0 Å². The Kier molecular flexibility index (Phi) is 4.09. The van der Waals surface area contributed by atoms with Crippen LogP contribution in [0.1, 0.15) is 43.9 Å². The lowest BCUT2D eigenvalue weighted by Crippen LogP contribution is -2.30. The van der Waals surface area contributed by atoms with Crippen molar-refractivity contribution in [3.63, 3.8) is 0 Å². The van der Waals surface area contributed by atoms with Crippen LogP contribution in [0, 0.1) is 6.92 Å². The Morgan fingerprint density at radius 2 is 2.24 bits per heavy atom. The summed E-state index contributed by atoms with van der Waals surface area (Å²) in [4.78, 5) is 9.16. The van der Waals surface area contributed by atoms with Crippen molar-refractivity contribution in [2.75, 3.05) is 0 Å². The lowest BCUT2D eigenvalue weighted by atomic mass is 10.2. The Bertz CT molecular complexity index is 414. The molecule has 0 spiro atoms. The number of aromatic nitrogens is 1. The van der Waals surface area contributed by atoms with Gasteiger partial charge in [0.15, 0.2) is 5.17 Å². The first-order chi connectivity index (χ1) is 8.04. The molecule has 3 nitrogen and oxygen atoms in total. The first kappa shape index (κ1) is 12.9. The Balaban J connectivity index is 2.01. The van der Waals surface area contributed by atoms with E-state index in [0.29, 0.717) is 11.3 Å². The molecule has 3 unspecified atom stereocenters. The second-order valence-corrected chi connectivity index (χ2v) is 6.96. The number of hydrogen-bond acceptors (Lipinski definition) is 5. The van der Waals surface area contributed by atoms with Crippen LogP contribution >= 0.6 is 23.1 Å². The quantitative estimate of drug-likeness (QED) is 0.894. The number of nitrogens with zero attached hydrogens (tertiary/aromatic N) is 2. The molecule has 1 N–H and O–H groups in total. The Morgan fingerprint density at radius 1 is 1.47 bits per heavy atom. The van der Waals surface area contributed by atoms with E-state index in [4.69, 9.17) is 0 Å². The fourth-order valence-corrected chi connectivity index (χ4v) is 3.94. The molecule has 0 radical (unpaired) electrons. The highest BCUT2D eigenvalue weighted by atomic mass is 32.2. The second kappa shape index (κ2) is 5.40. The van der Waals surface area contributed by atoms with Gasteiger partial charge in [-0.3, -0.25) is 4.99 Å². The summed E-state index contributed by atoms with van der Waals surface area (Å²) in [5.74, 6) is 0. The van der Waals surface area contributed by atoms with Crippen LogP contribution < -0.4 is 5.32 Å². The molecule has 1 aromatic rings. The van der Waals surface area contributed by atoms with Gasteiger partial charge in [-0.15, -0.1) is 11.3 Å². The number of aryl methyl sites for hydroxylation is 1. The van der Waals surface area contributed by atoms with Gasteiger partial charge in [-0.2, -0.15) is 0 Å². The van der Waals surface area contributed by atoms with E-state index in [9.17, 15) is 0 Å². The minimum atomic E-state index is 0.248. The number of aliphatic imine (C=N–C) groups is 1. The fraction of sp³-hybridized carbons (Fsp3) is 0.667. The molecule has 0 aliphatic carbocycles. The number of hydrogen-bond donors (Lipinski definition) is 1. The van der Waals surface area contributed by atoms with Crippen molar-refractivity contribution in [1.82, 2.24) is 10.3 Å². The zero-order chi connectivity index (χ0) is 12.4. The van der Waals surface area contributed by atoms with Gasteiger partial charge in [-0.1, -0.05) is 18.7 Å². The van der Waals surface area contributed by atoms with Gasteiger partial charge in [0.1, 0.15) is 5.01 Å². The van der Waals surface area contributed by atoms with Crippen LogP contribution in [0.3, 0.4) is 0 Å². The SMILES string of the molecule is Cc1csc(C(C)NC2=NC(C)CC(C)S2)n1. The van der Waals surface area contributed by atoms with Crippen molar-refractivity contribution in [2.24, 2.45) is 4.99 Å². The van der Waals surface area contributed by atoms with Crippen LogP contribution in [0.4, 0.5) is 0 Å². The third-order valence-corrected chi connectivity index (χ3v) is 4.86. The largest absolute Gasteiger partial charge is 0.356 e. The summed E-state index contributed by atoms with van der Waals surface area (Å²) in [7, 11) is 0. The highest BCUT2D eigenvalue weighted by molar-refractivity contribution is 8.14. The number of thioether (sulfide) groups is 1. The standard InChI is InChI=1S/C12H19N3S2/c1-7-5-9(3)17-12(14-7)15-10(4)11-13-8(2)6-16-11/h6-7,9-10H,5H2,1-4H3,(H,14,15). The molecule has 2 rings (SSSR count). The highest BCUT2D eigenvalue weighted by Crippen LogP contribution is 2.26. The predicted molar refractivity (Wildman–Crippen MR) is 77.0 cm³/mol. The van der Waals surface area contributed by atoms with Crippen LogP contribution in [-0.4, -0.2) is 21.4 Å². The Hall–Kier alpha value is -0.550. The summed E-state index contributed by atoms with van der Waals surface area (Å²) in [6.45, 7) is 8.61. The number of rotatable bonds is 2. The van der Waals surface area contributed by atoms with Gasteiger partial charge >= 0.3 is 0 Å². The van der Waals surface area contributed by atoms with E-state index in [-0.39, 0.29) is 6.04 Å². The third-order valence-electron chi connectivity index (χ3n) is 2.67. The zero-order valence-corrected chi connectivity index (χ0v) is 12.4. The van der Waals surface area contributed by atoms with Crippen LogP contribution in [0.2, 0.25) is 0 Å². The summed E-state index contributed by atoms with van der Waals surface area (Å²) in [5.41, 5.74) is 1.10. The molecule has 5 heteroatoms. The van der Waals surface area contributed by atoms with Gasteiger partial charge in [0.05, 0.1) is 12.1 Å². The van der Waals surface area contributed by atoms with Crippen LogP contribution in [0.25, 0.3) is 0 Å². The summed E-state index contributed by atoms with van der Waals surface area (Å²) in [5, 5.41) is 8.41. The molecule has 17 heavy (non-hydrogen) atoms. The van der Waals surface area contributed by atoms with Crippen molar-refractivity contribution < 1.29 is 0 Å². The van der Waals surface area contributed by atoms with Crippen LogP contribution in [0.5, 0.6) is 0 Å². The van der Waals surface area contributed by atoms with E-state index in [1.165, 1.54) is 6.42 Å². The monoisotopic (exact) mass is 269 g/mol. The van der Waals surface area contributed by atoms with Gasteiger partial charge in [0, 0.05) is 16.3 Å². The van der Waals surface area contributed by atoms with E-state index in [1.807, 2.05) is 18.7 Å². The third kappa shape index (κ3) is 3.45. The molecule has 1 aliphatic heterocycles. The zero-order valence-electron chi connectivity index (χ0n) is 10.7. The second-order valence-electron chi connectivity index (χ2n) is 4.64. The van der Waals surface area contributed by atoms with Gasteiger partial charge in [-0.25, -0.2) is 4.98 Å². The van der Waals surface area contributed by atoms with Gasteiger partial charge in [0.25, 0.3) is 0 Å². The normalized spacial score (nSPS) is 26.5. The topological polar surface area (TPSA) is 37.3 Å². The van der Waals surface area contributed by atoms with E-state index < -0.39 is 0 Å². The molecule has 3 atom stereocenters. The first-order valence-electron chi connectivity index (χ1n) is 5.97. The molecule has 0 amide bonds. The maximum absolute atomic E-state index is 4.65. The minimum absolute atomic E-state index is 0.248. The minimum Gasteiger partial charge on any atom is -0.356 e. The molecule has 0 saturated heterocycles. The van der Waals surface area contributed by atoms with Crippen molar-refractivity contribution in [3.05, 3.63) is 16.1 Å². The van der Waals surface area contributed by atoms with E-state index in [2.05, 4.69) is 41.4 Å². The lowest BCUT2D eigenvalue weighted by molar-refractivity contribution is 0.642. The van der Waals surface area contributed by atoms with E-state index in [0.717, 1.165) is 15.9 Å². The lowest BCUT2D eigenvalue weighted by Gasteiger charge is -2.24. The Labute approximate surface area is 111 Å². The molecule has 0 saturated carbocycles. The van der Waals surface area contributed by atoms with Crippen LogP contribution in [0.15, 0.2) is 10.4 Å². The van der Waals surface area contributed by atoms with Gasteiger partial charge < -0.3 is 5.32 Å². The molecular formula is C12H19N3S2. The molecule has 0 aromatic carbocycles. The van der Waals surface area contributed by atoms with E-state index in [1.54, 1.807) is 11.3 Å². The summed E-state index contributed by atoms with van der Waals surface area (Å²) in [6.07, 6.45) is 1.17.